The van der Waals surface area contributed by atoms with Crippen molar-refractivity contribution in [2.24, 2.45) is 0 Å². The van der Waals surface area contributed by atoms with Crippen LogP contribution in [0.3, 0.4) is 0 Å². The molecule has 0 unspecified atom stereocenters. The number of piperidine rings is 2. The maximum atomic E-state index is 15.0. The van der Waals surface area contributed by atoms with Crippen molar-refractivity contribution in [3.8, 4) is 17.2 Å². The highest BCUT2D eigenvalue weighted by Crippen LogP contribution is 2.42. The number of hydrogen-bond acceptors (Lipinski definition) is 9. The van der Waals surface area contributed by atoms with E-state index in [-0.39, 0.29) is 90.9 Å². The first-order valence-corrected chi connectivity index (χ1v) is 19.7. The number of para-hydroxylation sites is 1. The summed E-state index contributed by atoms with van der Waals surface area (Å²) >= 11 is 0. The number of fused-ring (bicyclic) bond motifs is 3. The average molecular weight is 800 g/mol. The largest absolute Gasteiger partial charge is 0.487 e. The molecule has 0 saturated carbocycles. The van der Waals surface area contributed by atoms with E-state index in [2.05, 4.69) is 0 Å². The highest BCUT2D eigenvalue weighted by molar-refractivity contribution is 6.15. The summed E-state index contributed by atoms with van der Waals surface area (Å²) in [6.07, 6.45) is 1.41. The molecule has 0 aliphatic carbocycles. The van der Waals surface area contributed by atoms with E-state index in [1.165, 1.54) is 43.3 Å². The van der Waals surface area contributed by atoms with Crippen LogP contribution in [0.2, 0.25) is 0 Å². The molecule has 2 amide bonds. The molecule has 0 N–H and O–H groups in total. The summed E-state index contributed by atoms with van der Waals surface area (Å²) in [5.74, 6) is -1.35. The summed E-state index contributed by atoms with van der Waals surface area (Å²) in [4.78, 5) is 76.4. The fourth-order valence-electron chi connectivity index (χ4n) is 8.80. The van der Waals surface area contributed by atoms with E-state index in [0.717, 1.165) is 0 Å². The van der Waals surface area contributed by atoms with Gasteiger partial charge in [-0.25, -0.2) is 13.8 Å². The molecule has 5 aromatic rings. The summed E-state index contributed by atoms with van der Waals surface area (Å²) in [6, 6.07) is 21.5. The van der Waals surface area contributed by atoms with Crippen LogP contribution in [0.15, 0.2) is 84.9 Å². The van der Waals surface area contributed by atoms with Gasteiger partial charge < -0.3 is 24.0 Å². The van der Waals surface area contributed by atoms with Gasteiger partial charge in [0.2, 0.25) is 0 Å². The third-order valence-electron chi connectivity index (χ3n) is 12.1. The number of pyridine rings is 1. The van der Waals surface area contributed by atoms with Gasteiger partial charge in [0.1, 0.15) is 46.7 Å². The van der Waals surface area contributed by atoms with Crippen LogP contribution in [0.1, 0.15) is 103 Å². The van der Waals surface area contributed by atoms with Gasteiger partial charge in [-0.05, 0) is 73.7 Å². The van der Waals surface area contributed by atoms with E-state index < -0.39 is 34.7 Å². The van der Waals surface area contributed by atoms with Crippen molar-refractivity contribution in [2.75, 3.05) is 26.2 Å². The van der Waals surface area contributed by atoms with Crippen LogP contribution < -0.4 is 14.2 Å². The molecular weight excluding hydrogens is 761 g/mol. The molecule has 0 atom stereocenters. The normalized spacial score (nSPS) is 17.9. The number of carbonyl (C=O) groups excluding carboxylic acids is 5. The van der Waals surface area contributed by atoms with Gasteiger partial charge in [0, 0.05) is 62.8 Å². The fraction of sp³-hybridized carbons (Fsp3) is 0.304. The second-order valence-corrected chi connectivity index (χ2v) is 15.8. The predicted molar refractivity (Wildman–Crippen MR) is 210 cm³/mol. The van der Waals surface area contributed by atoms with Crippen LogP contribution in [0.5, 0.6) is 17.2 Å². The maximum absolute atomic E-state index is 15.0. The molecule has 4 aliphatic heterocycles. The second kappa shape index (κ2) is 14.7. The highest BCUT2D eigenvalue weighted by atomic mass is 19.1. The van der Waals surface area contributed by atoms with Crippen LogP contribution >= 0.6 is 0 Å². The summed E-state index contributed by atoms with van der Waals surface area (Å²) in [6.45, 7) is 2.16. The Morgan fingerprint density at radius 2 is 1.20 bits per heavy atom. The van der Waals surface area contributed by atoms with Crippen LogP contribution in [0.4, 0.5) is 8.78 Å². The Hall–Kier alpha value is -6.50. The fourth-order valence-corrected chi connectivity index (χ4v) is 8.80. The van der Waals surface area contributed by atoms with E-state index in [1.54, 1.807) is 58.3 Å². The van der Waals surface area contributed by atoms with Gasteiger partial charge in [-0.3, -0.25) is 24.0 Å². The molecule has 2 fully saturated rings. The number of hydrogen-bond donors (Lipinski definition) is 0. The lowest BCUT2D eigenvalue weighted by atomic mass is 9.82. The van der Waals surface area contributed by atoms with Crippen molar-refractivity contribution in [3.05, 3.63) is 130 Å². The molecule has 2 saturated heterocycles. The molecule has 0 bridgehead atoms. The summed E-state index contributed by atoms with van der Waals surface area (Å²) < 4.78 is 46.8. The van der Waals surface area contributed by atoms with Crippen molar-refractivity contribution in [1.82, 2.24) is 14.8 Å². The first-order chi connectivity index (χ1) is 28.4. The van der Waals surface area contributed by atoms with Gasteiger partial charge in [-0.1, -0.05) is 18.2 Å². The lowest BCUT2D eigenvalue weighted by Crippen LogP contribution is -2.53. The monoisotopic (exact) mass is 799 g/mol. The lowest BCUT2D eigenvalue weighted by Gasteiger charge is -2.44. The van der Waals surface area contributed by atoms with Gasteiger partial charge in [0.05, 0.1) is 46.3 Å². The van der Waals surface area contributed by atoms with Gasteiger partial charge in [0.25, 0.3) is 11.8 Å². The van der Waals surface area contributed by atoms with E-state index in [0.29, 0.717) is 59.4 Å². The number of likely N-dealkylation sites (tertiary alicyclic amines) is 2. The molecule has 0 radical (unpaired) electrons. The van der Waals surface area contributed by atoms with E-state index in [9.17, 15) is 32.8 Å². The minimum absolute atomic E-state index is 0.0441. The van der Waals surface area contributed by atoms with Crippen molar-refractivity contribution in [1.29, 1.82) is 0 Å². The van der Waals surface area contributed by atoms with Crippen molar-refractivity contribution in [3.63, 3.8) is 0 Å². The number of rotatable bonds is 6. The number of aromatic nitrogens is 1. The molecule has 13 heteroatoms. The summed E-state index contributed by atoms with van der Waals surface area (Å²) in [5.41, 5.74) is 0.159. The molecule has 59 heavy (non-hydrogen) atoms. The number of Topliss-reactive ketones (excluding diaryl/α,β-unsaturated/α-hetero) is 3. The average Bonchev–Trinajstić information content (AvgIpc) is 3.23. The zero-order chi connectivity index (χ0) is 41.1. The summed E-state index contributed by atoms with van der Waals surface area (Å²) in [7, 11) is 0. The Morgan fingerprint density at radius 3 is 1.73 bits per heavy atom. The molecule has 9 rings (SSSR count). The SMILES string of the molecule is CC(=O)c1ccc(OCc2nc3ccccc3c(C(=O)N3CCC4(CC3)CC(=O)c3cc(F)ccc3O4)c2C(=O)N2CCC3(CC2)CC(=O)c2cc(F)ccc2O3)cc1. The van der Waals surface area contributed by atoms with E-state index >= 15 is 0 Å². The van der Waals surface area contributed by atoms with Gasteiger partial charge in [0.15, 0.2) is 17.3 Å². The molecule has 11 nitrogen and oxygen atoms in total. The Balaban J connectivity index is 1.03. The number of carbonyl (C=O) groups is 5. The predicted octanol–water partition coefficient (Wildman–Crippen LogP) is 7.58. The van der Waals surface area contributed by atoms with E-state index in [4.69, 9.17) is 19.2 Å². The molecule has 4 aliphatic rings. The zero-order valence-electron chi connectivity index (χ0n) is 32.2. The molecule has 4 aromatic carbocycles. The standard InChI is InChI=1S/C46H39F2N3O8/c1-27(52)28-6-10-31(11-7-28)57-26-36-42(44(56)51-20-16-46(17-21-51)25-38(54)34-23-30(48)9-13-40(34)59-46)41(32-4-2-3-5-35(32)49-36)43(55)50-18-14-45(15-19-50)24-37(53)33-22-29(47)8-12-39(33)58-45/h2-13,22-23H,14-21,24-26H2,1H3. The first kappa shape index (κ1) is 38.0. The quantitative estimate of drug-likeness (QED) is 0.160. The van der Waals surface area contributed by atoms with Gasteiger partial charge in [-0.2, -0.15) is 0 Å². The second-order valence-electron chi connectivity index (χ2n) is 15.8. The molecule has 300 valence electrons. The molecular formula is C46H39F2N3O8. The van der Waals surface area contributed by atoms with Crippen LogP contribution in [0, 0.1) is 11.6 Å². The van der Waals surface area contributed by atoms with Gasteiger partial charge >= 0.3 is 0 Å². The van der Waals surface area contributed by atoms with Crippen LogP contribution in [0.25, 0.3) is 10.9 Å². The zero-order valence-corrected chi connectivity index (χ0v) is 32.2. The number of ether oxygens (including phenoxy) is 3. The Labute approximate surface area is 337 Å². The smallest absolute Gasteiger partial charge is 0.256 e. The first-order valence-electron chi connectivity index (χ1n) is 19.7. The number of ketones is 3. The molecule has 2 spiro atoms. The number of benzene rings is 4. The number of nitrogens with zero attached hydrogens (tertiary/aromatic N) is 3. The van der Waals surface area contributed by atoms with Crippen LogP contribution in [-0.4, -0.2) is 81.3 Å². The minimum atomic E-state index is -0.877. The third-order valence-corrected chi connectivity index (χ3v) is 12.1. The maximum Gasteiger partial charge on any atom is 0.256 e. The van der Waals surface area contributed by atoms with Crippen LogP contribution in [-0.2, 0) is 6.61 Å². The Morgan fingerprint density at radius 1 is 0.695 bits per heavy atom. The Bertz CT molecular complexity index is 2580. The number of halogens is 2. The van der Waals surface area contributed by atoms with Crippen molar-refractivity contribution < 1.29 is 47.0 Å². The third kappa shape index (κ3) is 7.08. The minimum Gasteiger partial charge on any atom is -0.487 e. The van der Waals surface area contributed by atoms with Crippen molar-refractivity contribution in [2.45, 2.75) is 63.3 Å². The lowest BCUT2D eigenvalue weighted by molar-refractivity contribution is -0.00768. The summed E-state index contributed by atoms with van der Waals surface area (Å²) in [5, 5.41) is 0.481. The van der Waals surface area contributed by atoms with Crippen molar-refractivity contribution >= 4 is 40.1 Å². The molecule has 5 heterocycles. The van der Waals surface area contributed by atoms with Gasteiger partial charge in [-0.15, -0.1) is 0 Å². The Kier molecular flexibility index (Phi) is 9.48. The topological polar surface area (TPSA) is 132 Å². The number of amides is 2. The molecule has 1 aromatic heterocycles. The van der Waals surface area contributed by atoms with E-state index in [1.807, 2.05) is 0 Å². The highest BCUT2D eigenvalue weighted by Gasteiger charge is 2.46.